The van der Waals surface area contributed by atoms with Crippen LogP contribution in [0.2, 0.25) is 0 Å². The van der Waals surface area contributed by atoms with E-state index in [1.165, 1.54) is 0 Å². The molecule has 0 aliphatic carbocycles. The lowest BCUT2D eigenvalue weighted by Gasteiger charge is -2.23. The topological polar surface area (TPSA) is 80.5 Å². The molecule has 2 rings (SSSR count). The largest absolute Gasteiger partial charge is 0.312 e. The Morgan fingerprint density at radius 3 is 2.57 bits per heavy atom. The molecule has 1 aliphatic rings. The summed E-state index contributed by atoms with van der Waals surface area (Å²) >= 11 is 0. The van der Waals surface area contributed by atoms with Crippen LogP contribution in [0.1, 0.15) is 32.8 Å². The Bertz CT molecular complexity index is 647. The molecule has 21 heavy (non-hydrogen) atoms. The monoisotopic (exact) mass is 310 g/mol. The molecular weight excluding hydrogens is 288 g/mol. The van der Waals surface area contributed by atoms with Crippen molar-refractivity contribution < 1.29 is 13.2 Å². The molecule has 0 radical (unpaired) electrons. The standard InChI is InChI=1S/C15H22N2O3S/c1-15(2,3)12-5-4-6-13(8-12)17-9-11(7-14(17)18)10-21(16,19)20/h4-6,8,11H,7,9-10H2,1-3H3,(H2,16,19,20). The summed E-state index contributed by atoms with van der Waals surface area (Å²) < 4.78 is 22.3. The molecule has 5 nitrogen and oxygen atoms in total. The van der Waals surface area contributed by atoms with E-state index in [2.05, 4.69) is 20.8 Å². The molecule has 0 aromatic heterocycles. The molecular formula is C15H22N2O3S. The minimum atomic E-state index is -3.55. The number of rotatable bonds is 3. The minimum absolute atomic E-state index is 0.00121. The lowest BCUT2D eigenvalue weighted by molar-refractivity contribution is -0.117. The van der Waals surface area contributed by atoms with E-state index in [-0.39, 0.29) is 29.4 Å². The first-order valence-electron chi connectivity index (χ1n) is 6.97. The van der Waals surface area contributed by atoms with Crippen molar-refractivity contribution in [1.29, 1.82) is 0 Å². The van der Waals surface area contributed by atoms with Crippen LogP contribution in [0, 0.1) is 5.92 Å². The summed E-state index contributed by atoms with van der Waals surface area (Å²) in [6, 6.07) is 7.84. The predicted octanol–water partition coefficient (Wildman–Crippen LogP) is 1.63. The highest BCUT2D eigenvalue weighted by Crippen LogP contribution is 2.30. The van der Waals surface area contributed by atoms with Crippen molar-refractivity contribution in [2.75, 3.05) is 17.2 Å². The van der Waals surface area contributed by atoms with Crippen LogP contribution in [-0.2, 0) is 20.2 Å². The number of hydrogen-bond acceptors (Lipinski definition) is 3. The number of carbonyl (C=O) groups is 1. The van der Waals surface area contributed by atoms with Crippen LogP contribution in [-0.4, -0.2) is 26.6 Å². The maximum absolute atomic E-state index is 12.1. The molecule has 1 aromatic rings. The van der Waals surface area contributed by atoms with E-state index >= 15 is 0 Å². The molecule has 1 saturated heterocycles. The molecule has 0 spiro atoms. The van der Waals surface area contributed by atoms with Gasteiger partial charge in [-0.25, -0.2) is 13.6 Å². The highest BCUT2D eigenvalue weighted by atomic mass is 32.2. The summed E-state index contributed by atoms with van der Waals surface area (Å²) in [6.45, 7) is 6.74. The van der Waals surface area contributed by atoms with E-state index in [1.807, 2.05) is 24.3 Å². The molecule has 1 fully saturated rings. The van der Waals surface area contributed by atoms with E-state index in [1.54, 1.807) is 4.90 Å². The van der Waals surface area contributed by atoms with Gasteiger partial charge in [0.15, 0.2) is 0 Å². The zero-order valence-corrected chi connectivity index (χ0v) is 13.5. The Morgan fingerprint density at radius 2 is 2.00 bits per heavy atom. The molecule has 2 N–H and O–H groups in total. The van der Waals surface area contributed by atoms with Crippen molar-refractivity contribution in [2.45, 2.75) is 32.6 Å². The molecule has 6 heteroatoms. The van der Waals surface area contributed by atoms with Crippen LogP contribution in [0.4, 0.5) is 5.69 Å². The Morgan fingerprint density at radius 1 is 1.33 bits per heavy atom. The van der Waals surface area contributed by atoms with Gasteiger partial charge in [-0.05, 0) is 23.1 Å². The highest BCUT2D eigenvalue weighted by Gasteiger charge is 2.33. The normalized spacial score (nSPS) is 20.1. The van der Waals surface area contributed by atoms with Crippen LogP contribution >= 0.6 is 0 Å². The summed E-state index contributed by atoms with van der Waals surface area (Å²) in [4.78, 5) is 13.8. The Kier molecular flexibility index (Phi) is 4.13. The number of amides is 1. The fourth-order valence-electron chi connectivity index (χ4n) is 2.61. The Labute approximate surface area is 126 Å². The minimum Gasteiger partial charge on any atom is -0.312 e. The van der Waals surface area contributed by atoms with Gasteiger partial charge in [0.25, 0.3) is 0 Å². The first-order valence-corrected chi connectivity index (χ1v) is 8.69. The fraction of sp³-hybridized carbons (Fsp3) is 0.533. The van der Waals surface area contributed by atoms with E-state index in [4.69, 9.17) is 5.14 Å². The number of anilines is 1. The molecule has 1 atom stereocenters. The van der Waals surface area contributed by atoms with Gasteiger partial charge in [0.05, 0.1) is 5.75 Å². The lowest BCUT2D eigenvalue weighted by atomic mass is 9.87. The summed E-state index contributed by atoms with van der Waals surface area (Å²) in [6.07, 6.45) is 0.232. The Balaban J connectivity index is 2.21. The lowest BCUT2D eigenvalue weighted by Crippen LogP contribution is -2.27. The van der Waals surface area contributed by atoms with Crippen LogP contribution in [0.15, 0.2) is 24.3 Å². The van der Waals surface area contributed by atoms with E-state index in [9.17, 15) is 13.2 Å². The molecule has 1 heterocycles. The van der Waals surface area contributed by atoms with Crippen LogP contribution in [0.25, 0.3) is 0 Å². The summed E-state index contributed by atoms with van der Waals surface area (Å²) in [5.41, 5.74) is 1.96. The predicted molar refractivity (Wildman–Crippen MR) is 83.6 cm³/mol. The summed E-state index contributed by atoms with van der Waals surface area (Å²) in [5, 5.41) is 5.07. The molecule has 1 aromatic carbocycles. The number of carbonyl (C=O) groups excluding carboxylic acids is 1. The molecule has 1 amide bonds. The number of sulfonamides is 1. The van der Waals surface area contributed by atoms with E-state index < -0.39 is 10.0 Å². The summed E-state index contributed by atoms with van der Waals surface area (Å²) in [7, 11) is -3.55. The molecule has 116 valence electrons. The zero-order valence-electron chi connectivity index (χ0n) is 12.7. The van der Waals surface area contributed by atoms with E-state index in [0.717, 1.165) is 11.3 Å². The Hall–Kier alpha value is -1.40. The third-order valence-electron chi connectivity index (χ3n) is 3.70. The third kappa shape index (κ3) is 4.04. The van der Waals surface area contributed by atoms with E-state index in [0.29, 0.717) is 6.54 Å². The van der Waals surface area contributed by atoms with Gasteiger partial charge in [-0.15, -0.1) is 0 Å². The zero-order chi connectivity index (χ0) is 15.8. The highest BCUT2D eigenvalue weighted by molar-refractivity contribution is 7.89. The SMILES string of the molecule is CC(C)(C)c1cccc(N2CC(CS(N)(=O)=O)CC2=O)c1. The second-order valence-corrected chi connectivity index (χ2v) is 8.36. The number of hydrogen-bond donors (Lipinski definition) is 1. The van der Waals surface area contributed by atoms with Crippen molar-refractivity contribution in [2.24, 2.45) is 11.1 Å². The van der Waals surface area contributed by atoms with Crippen molar-refractivity contribution in [3.63, 3.8) is 0 Å². The fourth-order valence-corrected chi connectivity index (χ4v) is 3.49. The second-order valence-electron chi connectivity index (χ2n) is 6.70. The van der Waals surface area contributed by atoms with Crippen molar-refractivity contribution in [1.82, 2.24) is 0 Å². The number of nitrogens with two attached hydrogens (primary N) is 1. The second kappa shape index (κ2) is 5.42. The first kappa shape index (κ1) is 16.0. The number of primary sulfonamides is 1. The van der Waals surface area contributed by atoms with Crippen LogP contribution in [0.3, 0.4) is 0 Å². The summed E-state index contributed by atoms with van der Waals surface area (Å²) in [5.74, 6) is -0.422. The van der Waals surface area contributed by atoms with Gasteiger partial charge in [0, 0.05) is 24.6 Å². The van der Waals surface area contributed by atoms with Gasteiger partial charge in [-0.2, -0.15) is 0 Å². The quantitative estimate of drug-likeness (QED) is 0.921. The molecule has 0 bridgehead atoms. The first-order chi connectivity index (χ1) is 9.56. The van der Waals surface area contributed by atoms with Crippen LogP contribution in [0.5, 0.6) is 0 Å². The average molecular weight is 310 g/mol. The third-order valence-corrected chi connectivity index (χ3v) is 4.63. The maximum Gasteiger partial charge on any atom is 0.227 e. The van der Waals surface area contributed by atoms with Gasteiger partial charge in [0.2, 0.25) is 15.9 Å². The maximum atomic E-state index is 12.1. The van der Waals surface area contributed by atoms with Crippen LogP contribution < -0.4 is 10.0 Å². The van der Waals surface area contributed by atoms with Crippen molar-refractivity contribution in [3.05, 3.63) is 29.8 Å². The molecule has 1 aliphatic heterocycles. The number of nitrogens with zero attached hydrogens (tertiary/aromatic N) is 1. The van der Waals surface area contributed by atoms with Crippen molar-refractivity contribution >= 4 is 21.6 Å². The van der Waals surface area contributed by atoms with Gasteiger partial charge in [-0.1, -0.05) is 32.9 Å². The van der Waals surface area contributed by atoms with Gasteiger partial charge in [-0.3, -0.25) is 4.79 Å². The molecule has 0 saturated carbocycles. The van der Waals surface area contributed by atoms with Crippen molar-refractivity contribution in [3.8, 4) is 0 Å². The van der Waals surface area contributed by atoms with Gasteiger partial charge in [0.1, 0.15) is 0 Å². The van der Waals surface area contributed by atoms with Gasteiger partial charge >= 0.3 is 0 Å². The number of benzene rings is 1. The average Bonchev–Trinajstić information content (AvgIpc) is 2.67. The van der Waals surface area contributed by atoms with Gasteiger partial charge < -0.3 is 4.90 Å². The molecule has 1 unspecified atom stereocenters. The smallest absolute Gasteiger partial charge is 0.227 e.